The molecule has 94 valence electrons. The van der Waals surface area contributed by atoms with E-state index in [1.165, 1.54) is 25.7 Å². The van der Waals surface area contributed by atoms with Gasteiger partial charge in [0.2, 0.25) is 5.91 Å². The van der Waals surface area contributed by atoms with Crippen LogP contribution in [0.5, 0.6) is 0 Å². The van der Waals surface area contributed by atoms with Gasteiger partial charge in [0.05, 0.1) is 0 Å². The van der Waals surface area contributed by atoms with Crippen molar-refractivity contribution < 1.29 is 4.79 Å². The molecule has 0 aliphatic carbocycles. The van der Waals surface area contributed by atoms with E-state index in [9.17, 15) is 4.79 Å². The number of nitrogens with one attached hydrogen (secondary N) is 1. The van der Waals surface area contributed by atoms with Crippen molar-refractivity contribution in [2.75, 3.05) is 26.7 Å². The Morgan fingerprint density at radius 3 is 2.50 bits per heavy atom. The maximum absolute atomic E-state index is 11.8. The number of amides is 1. The summed E-state index contributed by atoms with van der Waals surface area (Å²) in [7, 11) is 2.00. The van der Waals surface area contributed by atoms with Gasteiger partial charge in [0.15, 0.2) is 0 Å². The molecule has 0 aromatic heterocycles. The smallest absolute Gasteiger partial charge is 0.225 e. The molecule has 3 nitrogen and oxygen atoms in total. The van der Waals surface area contributed by atoms with Crippen molar-refractivity contribution in [3.8, 4) is 0 Å². The minimum absolute atomic E-state index is 0.154. The van der Waals surface area contributed by atoms with Crippen molar-refractivity contribution in [2.45, 2.75) is 39.5 Å². The molecule has 1 heterocycles. The molecule has 0 unspecified atom stereocenters. The van der Waals surface area contributed by atoms with Gasteiger partial charge in [-0.25, -0.2) is 0 Å². The van der Waals surface area contributed by atoms with Gasteiger partial charge in [0.25, 0.3) is 0 Å². The summed E-state index contributed by atoms with van der Waals surface area (Å²) in [6.07, 6.45) is 4.97. The predicted molar refractivity (Wildman–Crippen MR) is 67.3 cm³/mol. The Kier molecular flexibility index (Phi) is 5.81. The molecule has 16 heavy (non-hydrogen) atoms. The van der Waals surface area contributed by atoms with E-state index in [1.54, 1.807) is 0 Å². The summed E-state index contributed by atoms with van der Waals surface area (Å²) in [4.78, 5) is 13.8. The number of carbonyl (C=O) groups is 1. The third-order valence-electron chi connectivity index (χ3n) is 3.46. The SMILES string of the molecule is CNCCCC1CCN(C(=O)C(C)C)CC1. The molecule has 0 bridgehead atoms. The van der Waals surface area contributed by atoms with Crippen LogP contribution in [0.2, 0.25) is 0 Å². The van der Waals surface area contributed by atoms with Crippen LogP contribution in [0.3, 0.4) is 0 Å². The highest BCUT2D eigenvalue weighted by atomic mass is 16.2. The topological polar surface area (TPSA) is 32.3 Å². The zero-order valence-corrected chi connectivity index (χ0v) is 11.0. The molecule has 0 aromatic rings. The number of nitrogens with zero attached hydrogens (tertiary/aromatic N) is 1. The van der Waals surface area contributed by atoms with Gasteiger partial charge in [-0.15, -0.1) is 0 Å². The van der Waals surface area contributed by atoms with Crippen molar-refractivity contribution >= 4 is 5.91 Å². The summed E-state index contributed by atoms with van der Waals surface area (Å²) in [5.74, 6) is 1.32. The van der Waals surface area contributed by atoms with Crippen LogP contribution >= 0.6 is 0 Å². The summed E-state index contributed by atoms with van der Waals surface area (Å²) in [5, 5.41) is 3.18. The highest BCUT2D eigenvalue weighted by molar-refractivity contribution is 5.78. The van der Waals surface area contributed by atoms with E-state index in [4.69, 9.17) is 0 Å². The van der Waals surface area contributed by atoms with Gasteiger partial charge in [-0.1, -0.05) is 13.8 Å². The number of hydrogen-bond acceptors (Lipinski definition) is 2. The Morgan fingerprint density at radius 1 is 1.38 bits per heavy atom. The lowest BCUT2D eigenvalue weighted by molar-refractivity contribution is -0.135. The molecule has 3 heteroatoms. The Hall–Kier alpha value is -0.570. The third-order valence-corrected chi connectivity index (χ3v) is 3.46. The van der Waals surface area contributed by atoms with Crippen molar-refractivity contribution in [3.63, 3.8) is 0 Å². The van der Waals surface area contributed by atoms with Gasteiger partial charge in [-0.05, 0) is 45.2 Å². The lowest BCUT2D eigenvalue weighted by Crippen LogP contribution is -2.40. The van der Waals surface area contributed by atoms with Crippen LogP contribution in [0.1, 0.15) is 39.5 Å². The lowest BCUT2D eigenvalue weighted by Gasteiger charge is -2.33. The molecule has 1 amide bonds. The van der Waals surface area contributed by atoms with E-state index in [-0.39, 0.29) is 5.92 Å². The zero-order chi connectivity index (χ0) is 12.0. The molecule has 0 spiro atoms. The minimum atomic E-state index is 0.154. The van der Waals surface area contributed by atoms with Gasteiger partial charge in [0.1, 0.15) is 0 Å². The Morgan fingerprint density at radius 2 is 2.00 bits per heavy atom. The quantitative estimate of drug-likeness (QED) is 0.726. The van der Waals surface area contributed by atoms with E-state index in [2.05, 4.69) is 5.32 Å². The van der Waals surface area contributed by atoms with E-state index in [0.717, 1.165) is 25.6 Å². The van der Waals surface area contributed by atoms with Gasteiger partial charge >= 0.3 is 0 Å². The fourth-order valence-corrected chi connectivity index (χ4v) is 2.37. The molecule has 1 aliphatic heterocycles. The van der Waals surface area contributed by atoms with E-state index < -0.39 is 0 Å². The second-order valence-corrected chi connectivity index (χ2v) is 5.17. The number of carbonyl (C=O) groups excluding carboxylic acids is 1. The number of hydrogen-bond donors (Lipinski definition) is 1. The average Bonchev–Trinajstić information content (AvgIpc) is 2.29. The molecule has 0 atom stereocenters. The maximum atomic E-state index is 11.8. The minimum Gasteiger partial charge on any atom is -0.342 e. The van der Waals surface area contributed by atoms with Crippen LogP contribution in [0.25, 0.3) is 0 Å². The highest BCUT2D eigenvalue weighted by Gasteiger charge is 2.23. The first kappa shape index (κ1) is 13.5. The van der Waals surface area contributed by atoms with E-state index in [1.807, 2.05) is 25.8 Å². The third kappa shape index (κ3) is 4.12. The first-order chi connectivity index (χ1) is 7.65. The molecular weight excluding hydrogens is 200 g/mol. The van der Waals surface area contributed by atoms with Crippen LogP contribution in [-0.2, 0) is 4.79 Å². The monoisotopic (exact) mass is 226 g/mol. The van der Waals surface area contributed by atoms with Gasteiger partial charge in [0, 0.05) is 19.0 Å². The number of piperidine rings is 1. The fraction of sp³-hybridized carbons (Fsp3) is 0.923. The summed E-state index contributed by atoms with van der Waals surface area (Å²) in [6.45, 7) is 7.04. The Bertz CT molecular complexity index is 208. The zero-order valence-electron chi connectivity index (χ0n) is 11.0. The summed E-state index contributed by atoms with van der Waals surface area (Å²) in [6, 6.07) is 0. The largest absolute Gasteiger partial charge is 0.342 e. The number of likely N-dealkylation sites (tertiary alicyclic amines) is 1. The summed E-state index contributed by atoms with van der Waals surface area (Å²) >= 11 is 0. The van der Waals surface area contributed by atoms with Crippen LogP contribution in [0.4, 0.5) is 0 Å². The summed E-state index contributed by atoms with van der Waals surface area (Å²) < 4.78 is 0. The molecule has 0 saturated carbocycles. The van der Waals surface area contributed by atoms with Gasteiger partial charge in [-0.2, -0.15) is 0 Å². The van der Waals surface area contributed by atoms with Crippen LogP contribution in [-0.4, -0.2) is 37.5 Å². The molecule has 0 radical (unpaired) electrons. The summed E-state index contributed by atoms with van der Waals surface area (Å²) in [5.41, 5.74) is 0. The van der Waals surface area contributed by atoms with Crippen molar-refractivity contribution in [1.82, 2.24) is 10.2 Å². The number of rotatable bonds is 5. The second-order valence-electron chi connectivity index (χ2n) is 5.17. The van der Waals surface area contributed by atoms with Crippen molar-refractivity contribution in [2.24, 2.45) is 11.8 Å². The molecule has 1 N–H and O–H groups in total. The van der Waals surface area contributed by atoms with Crippen LogP contribution in [0, 0.1) is 11.8 Å². The van der Waals surface area contributed by atoms with Crippen LogP contribution in [0.15, 0.2) is 0 Å². The second kappa shape index (κ2) is 6.89. The van der Waals surface area contributed by atoms with Crippen molar-refractivity contribution in [1.29, 1.82) is 0 Å². The molecule has 1 aliphatic rings. The Balaban J connectivity index is 2.20. The normalized spacial score (nSPS) is 18.1. The van der Waals surface area contributed by atoms with Gasteiger partial charge in [-0.3, -0.25) is 4.79 Å². The average molecular weight is 226 g/mol. The molecule has 0 aromatic carbocycles. The molecule has 1 rings (SSSR count). The maximum Gasteiger partial charge on any atom is 0.225 e. The predicted octanol–water partition coefficient (Wildman–Crippen LogP) is 1.88. The van der Waals surface area contributed by atoms with E-state index >= 15 is 0 Å². The van der Waals surface area contributed by atoms with Gasteiger partial charge < -0.3 is 10.2 Å². The van der Waals surface area contributed by atoms with Crippen LogP contribution < -0.4 is 5.32 Å². The first-order valence-electron chi connectivity index (χ1n) is 6.58. The highest BCUT2D eigenvalue weighted by Crippen LogP contribution is 2.22. The van der Waals surface area contributed by atoms with Crippen molar-refractivity contribution in [3.05, 3.63) is 0 Å². The fourth-order valence-electron chi connectivity index (χ4n) is 2.37. The Labute approximate surface area is 99.6 Å². The molecular formula is C13H26N2O. The molecule has 1 fully saturated rings. The molecule has 1 saturated heterocycles. The standard InChI is InChI=1S/C13H26N2O/c1-11(2)13(16)15-9-6-12(7-10-15)5-4-8-14-3/h11-12,14H,4-10H2,1-3H3. The van der Waals surface area contributed by atoms with E-state index in [0.29, 0.717) is 5.91 Å². The lowest BCUT2D eigenvalue weighted by atomic mass is 9.91. The first-order valence-corrected chi connectivity index (χ1v) is 6.58.